The third-order valence-corrected chi connectivity index (χ3v) is 3.54. The lowest BCUT2D eigenvalue weighted by molar-refractivity contribution is -0.139. The van der Waals surface area contributed by atoms with E-state index in [2.05, 4.69) is 25.7 Å². The van der Waals surface area contributed by atoms with Crippen molar-refractivity contribution in [1.82, 2.24) is 4.90 Å². The molecule has 4 heteroatoms. The van der Waals surface area contributed by atoms with E-state index in [-0.39, 0.29) is 18.1 Å². The number of carboxylic acids is 1. The highest BCUT2D eigenvalue weighted by Gasteiger charge is 2.33. The second-order valence-corrected chi connectivity index (χ2v) is 5.53. The quantitative estimate of drug-likeness (QED) is 0.803. The molecule has 0 spiro atoms. The van der Waals surface area contributed by atoms with Crippen LogP contribution in [-0.4, -0.2) is 46.8 Å². The molecule has 1 N–H and O–H groups in total. The number of hydrogen-bond acceptors (Lipinski definition) is 3. The molecule has 2 unspecified atom stereocenters. The van der Waals surface area contributed by atoms with Crippen molar-refractivity contribution in [3.63, 3.8) is 0 Å². The van der Waals surface area contributed by atoms with Gasteiger partial charge in [0.15, 0.2) is 0 Å². The fourth-order valence-electron chi connectivity index (χ4n) is 2.78. The fourth-order valence-corrected chi connectivity index (χ4v) is 2.78. The predicted molar refractivity (Wildman–Crippen MR) is 67.1 cm³/mol. The van der Waals surface area contributed by atoms with E-state index in [0.29, 0.717) is 6.04 Å². The van der Waals surface area contributed by atoms with Gasteiger partial charge in [-0.25, -0.2) is 0 Å². The molecule has 1 aliphatic rings. The minimum Gasteiger partial charge on any atom is -0.481 e. The predicted octanol–water partition coefficient (Wildman–Crippen LogP) is 2.13. The van der Waals surface area contributed by atoms with E-state index >= 15 is 0 Å². The van der Waals surface area contributed by atoms with Crippen molar-refractivity contribution in [2.45, 2.75) is 64.6 Å². The lowest BCUT2D eigenvalue weighted by Gasteiger charge is -2.43. The van der Waals surface area contributed by atoms with Gasteiger partial charge in [0.2, 0.25) is 0 Å². The van der Waals surface area contributed by atoms with Crippen molar-refractivity contribution in [2.75, 3.05) is 13.2 Å². The van der Waals surface area contributed by atoms with Crippen LogP contribution in [0.1, 0.15) is 47.0 Å². The van der Waals surface area contributed by atoms with Crippen LogP contribution in [0.15, 0.2) is 0 Å². The van der Waals surface area contributed by atoms with Gasteiger partial charge in [-0.3, -0.25) is 9.69 Å². The van der Waals surface area contributed by atoms with E-state index in [0.717, 1.165) is 26.0 Å². The van der Waals surface area contributed by atoms with Gasteiger partial charge in [0.1, 0.15) is 0 Å². The molecule has 1 rings (SSSR count). The van der Waals surface area contributed by atoms with Crippen LogP contribution in [-0.2, 0) is 9.53 Å². The zero-order valence-corrected chi connectivity index (χ0v) is 11.4. The highest BCUT2D eigenvalue weighted by Crippen LogP contribution is 2.28. The number of carboxylic acid groups (broad SMARTS) is 1. The standard InChI is InChI=1S/C13H25NO3/c1-5-14(10(2)8-12(15)16)11-6-7-17-13(3,4)9-11/h10-11H,5-9H2,1-4H3,(H,15,16). The Bertz CT molecular complexity index is 265. The van der Waals surface area contributed by atoms with Crippen LogP contribution in [0.3, 0.4) is 0 Å². The molecule has 0 bridgehead atoms. The molecule has 0 saturated carbocycles. The molecule has 0 amide bonds. The summed E-state index contributed by atoms with van der Waals surface area (Å²) in [5, 5.41) is 8.88. The summed E-state index contributed by atoms with van der Waals surface area (Å²) in [5.74, 6) is -0.720. The molecule has 17 heavy (non-hydrogen) atoms. The van der Waals surface area contributed by atoms with Crippen molar-refractivity contribution in [1.29, 1.82) is 0 Å². The zero-order valence-electron chi connectivity index (χ0n) is 11.4. The molecule has 4 nitrogen and oxygen atoms in total. The average Bonchev–Trinajstić information content (AvgIpc) is 2.15. The van der Waals surface area contributed by atoms with Gasteiger partial charge in [0, 0.05) is 18.7 Å². The maximum absolute atomic E-state index is 10.8. The Labute approximate surface area is 104 Å². The van der Waals surface area contributed by atoms with Crippen molar-refractivity contribution >= 4 is 5.97 Å². The van der Waals surface area contributed by atoms with Gasteiger partial charge in [-0.1, -0.05) is 6.92 Å². The SMILES string of the molecule is CCN(C(C)CC(=O)O)C1CCOC(C)(C)C1. The van der Waals surface area contributed by atoms with E-state index < -0.39 is 5.97 Å². The molecule has 0 aliphatic carbocycles. The highest BCUT2D eigenvalue weighted by atomic mass is 16.5. The first kappa shape index (κ1) is 14.5. The van der Waals surface area contributed by atoms with Gasteiger partial charge in [0.25, 0.3) is 0 Å². The summed E-state index contributed by atoms with van der Waals surface area (Å²) in [6, 6.07) is 0.537. The van der Waals surface area contributed by atoms with E-state index in [1.165, 1.54) is 0 Å². The minimum atomic E-state index is -0.720. The highest BCUT2D eigenvalue weighted by molar-refractivity contribution is 5.67. The van der Waals surface area contributed by atoms with Crippen molar-refractivity contribution in [3.05, 3.63) is 0 Å². The Balaban J connectivity index is 2.63. The number of hydrogen-bond donors (Lipinski definition) is 1. The second kappa shape index (κ2) is 5.83. The van der Waals surface area contributed by atoms with Crippen LogP contribution in [0.5, 0.6) is 0 Å². The van der Waals surface area contributed by atoms with Crippen LogP contribution < -0.4 is 0 Å². The fraction of sp³-hybridized carbons (Fsp3) is 0.923. The molecule has 1 heterocycles. The van der Waals surface area contributed by atoms with Crippen LogP contribution >= 0.6 is 0 Å². The van der Waals surface area contributed by atoms with Gasteiger partial charge >= 0.3 is 5.97 Å². The average molecular weight is 243 g/mol. The molecular weight excluding hydrogens is 218 g/mol. The summed E-state index contributed by atoms with van der Waals surface area (Å²) in [6.07, 6.45) is 2.19. The summed E-state index contributed by atoms with van der Waals surface area (Å²) in [6.45, 7) is 9.98. The van der Waals surface area contributed by atoms with Gasteiger partial charge in [-0.05, 0) is 40.2 Å². The molecule has 0 aromatic heterocycles. The van der Waals surface area contributed by atoms with Gasteiger partial charge < -0.3 is 9.84 Å². The molecular formula is C13H25NO3. The molecule has 100 valence electrons. The summed E-state index contributed by atoms with van der Waals surface area (Å²) in [5.41, 5.74) is -0.0840. The largest absolute Gasteiger partial charge is 0.481 e. The zero-order chi connectivity index (χ0) is 13.1. The normalized spacial score (nSPS) is 25.8. The molecule has 1 aliphatic heterocycles. The first-order valence-electron chi connectivity index (χ1n) is 6.47. The van der Waals surface area contributed by atoms with Gasteiger partial charge in [-0.15, -0.1) is 0 Å². The maximum Gasteiger partial charge on any atom is 0.304 e. The first-order valence-corrected chi connectivity index (χ1v) is 6.47. The summed E-state index contributed by atoms with van der Waals surface area (Å²) >= 11 is 0. The van der Waals surface area contributed by atoms with Crippen molar-refractivity contribution in [2.24, 2.45) is 0 Å². The molecule has 0 aromatic rings. The second-order valence-electron chi connectivity index (χ2n) is 5.53. The monoisotopic (exact) mass is 243 g/mol. The Kier molecular flexibility index (Phi) is 4.95. The maximum atomic E-state index is 10.8. The lowest BCUT2D eigenvalue weighted by atomic mass is 9.91. The van der Waals surface area contributed by atoms with Crippen LogP contribution in [0.25, 0.3) is 0 Å². The van der Waals surface area contributed by atoms with E-state index in [4.69, 9.17) is 9.84 Å². The molecule has 1 saturated heterocycles. The van der Waals surface area contributed by atoms with E-state index in [9.17, 15) is 4.79 Å². The summed E-state index contributed by atoms with van der Waals surface area (Å²) in [7, 11) is 0. The van der Waals surface area contributed by atoms with Crippen molar-refractivity contribution in [3.8, 4) is 0 Å². The smallest absolute Gasteiger partial charge is 0.304 e. The number of ether oxygens (including phenoxy) is 1. The molecule has 1 fully saturated rings. The molecule has 0 radical (unpaired) electrons. The number of rotatable bonds is 5. The topological polar surface area (TPSA) is 49.8 Å². The Morgan fingerprint density at radius 3 is 2.71 bits per heavy atom. The van der Waals surface area contributed by atoms with E-state index in [1.807, 2.05) is 6.92 Å². The number of carbonyl (C=O) groups is 1. The Morgan fingerprint density at radius 1 is 1.59 bits per heavy atom. The lowest BCUT2D eigenvalue weighted by Crippen LogP contribution is -2.49. The van der Waals surface area contributed by atoms with Gasteiger partial charge in [0.05, 0.1) is 12.0 Å². The Morgan fingerprint density at radius 2 is 2.24 bits per heavy atom. The van der Waals surface area contributed by atoms with Gasteiger partial charge in [-0.2, -0.15) is 0 Å². The van der Waals surface area contributed by atoms with Crippen molar-refractivity contribution < 1.29 is 14.6 Å². The third-order valence-electron chi connectivity index (χ3n) is 3.54. The third kappa shape index (κ3) is 4.28. The van der Waals surface area contributed by atoms with Crippen LogP contribution in [0.4, 0.5) is 0 Å². The van der Waals surface area contributed by atoms with Crippen LogP contribution in [0, 0.1) is 0 Å². The Hall–Kier alpha value is -0.610. The summed E-state index contributed by atoms with van der Waals surface area (Å²) in [4.78, 5) is 13.1. The minimum absolute atomic E-state index is 0.0840. The number of nitrogens with zero attached hydrogens (tertiary/aromatic N) is 1. The molecule has 2 atom stereocenters. The summed E-state index contributed by atoms with van der Waals surface area (Å²) < 4.78 is 5.71. The first-order chi connectivity index (χ1) is 7.85. The number of aliphatic carboxylic acids is 1. The molecule has 0 aromatic carbocycles. The van der Waals surface area contributed by atoms with Crippen LogP contribution in [0.2, 0.25) is 0 Å². The van der Waals surface area contributed by atoms with E-state index in [1.54, 1.807) is 0 Å².